The molecule has 2 rings (SSSR count). The number of hydrogen-bond acceptors (Lipinski definition) is 2. The van der Waals surface area contributed by atoms with Crippen molar-refractivity contribution in [3.63, 3.8) is 0 Å². The second kappa shape index (κ2) is 14.9. The van der Waals surface area contributed by atoms with Gasteiger partial charge in [-0.1, -0.05) is 116 Å². The van der Waals surface area contributed by atoms with E-state index in [0.29, 0.717) is 23.3 Å². The summed E-state index contributed by atoms with van der Waals surface area (Å²) in [6.45, 7) is 13.4. The smallest absolute Gasteiger partial charge is 0.227 e. The Morgan fingerprint density at radius 1 is 0.771 bits per heavy atom. The fourth-order valence-corrected chi connectivity index (χ4v) is 4.84. The first kappa shape index (κ1) is 28.9. The zero-order valence-corrected chi connectivity index (χ0v) is 23.1. The summed E-state index contributed by atoms with van der Waals surface area (Å²) in [5, 5.41) is 11.0. The Hall–Kier alpha value is -2.35. The summed E-state index contributed by atoms with van der Waals surface area (Å²) >= 11 is 0. The monoisotopic (exact) mass is 476 g/mol. The van der Waals surface area contributed by atoms with Crippen LogP contribution in [0.2, 0.25) is 0 Å². The lowest BCUT2D eigenvalue weighted by Gasteiger charge is -2.19. The molecule has 0 fully saturated rings. The maximum absolute atomic E-state index is 13.2. The highest BCUT2D eigenvalue weighted by atomic mass is 16.3. The molecule has 2 heteroatoms. The molecule has 3 atom stereocenters. The van der Waals surface area contributed by atoms with Gasteiger partial charge >= 0.3 is 0 Å². The molecule has 0 aromatic heterocycles. The molecule has 2 aromatic carbocycles. The van der Waals surface area contributed by atoms with Crippen molar-refractivity contribution in [3.05, 3.63) is 76.0 Å². The second-order valence-corrected chi connectivity index (χ2v) is 10.5. The molecular weight excluding hydrogens is 428 g/mol. The standard InChI is InChI=1S/C33H48O2/c1-7-10-14-24(4)27-17-13-18-29(21-27)33(35)32(34)23-30-22-28(25(5)15-11-8-2)19-20-31(30)26(6)16-12-9-3/h13,17-26,34H,7-12,14-16H2,1-6H3/b32-23-. The lowest BCUT2D eigenvalue weighted by molar-refractivity contribution is 0.0980. The maximum Gasteiger partial charge on any atom is 0.227 e. The summed E-state index contributed by atoms with van der Waals surface area (Å²) in [4.78, 5) is 13.2. The van der Waals surface area contributed by atoms with E-state index in [4.69, 9.17) is 0 Å². The van der Waals surface area contributed by atoms with Crippen LogP contribution in [0.3, 0.4) is 0 Å². The number of ketones is 1. The lowest BCUT2D eigenvalue weighted by atomic mass is 9.86. The van der Waals surface area contributed by atoms with Gasteiger partial charge in [0.05, 0.1) is 0 Å². The summed E-state index contributed by atoms with van der Waals surface area (Å²) < 4.78 is 0. The van der Waals surface area contributed by atoms with Crippen LogP contribution in [0.25, 0.3) is 6.08 Å². The molecule has 3 unspecified atom stereocenters. The minimum Gasteiger partial charge on any atom is -0.504 e. The van der Waals surface area contributed by atoms with E-state index >= 15 is 0 Å². The molecule has 0 saturated heterocycles. The molecule has 0 amide bonds. The van der Waals surface area contributed by atoms with Crippen LogP contribution in [-0.4, -0.2) is 10.9 Å². The van der Waals surface area contributed by atoms with Gasteiger partial charge in [0.2, 0.25) is 5.78 Å². The number of aliphatic hydroxyl groups is 1. The van der Waals surface area contributed by atoms with Crippen molar-refractivity contribution in [3.8, 4) is 0 Å². The van der Waals surface area contributed by atoms with Crippen LogP contribution < -0.4 is 0 Å². The van der Waals surface area contributed by atoms with Crippen LogP contribution in [0.15, 0.2) is 48.2 Å². The Bertz CT molecular complexity index is 955. The van der Waals surface area contributed by atoms with Gasteiger partial charge in [-0.05, 0) is 71.4 Å². The number of carbonyl (C=O) groups is 1. The van der Waals surface area contributed by atoms with Gasteiger partial charge in [-0.25, -0.2) is 0 Å². The third kappa shape index (κ3) is 8.67. The van der Waals surface area contributed by atoms with Crippen LogP contribution in [-0.2, 0) is 0 Å². The van der Waals surface area contributed by atoms with E-state index in [9.17, 15) is 9.90 Å². The summed E-state index contributed by atoms with van der Waals surface area (Å²) in [7, 11) is 0. The van der Waals surface area contributed by atoms with Crippen molar-refractivity contribution in [1.29, 1.82) is 0 Å². The molecule has 0 aliphatic rings. The molecule has 0 aliphatic heterocycles. The number of rotatable bonds is 15. The van der Waals surface area contributed by atoms with Gasteiger partial charge in [-0.2, -0.15) is 0 Å². The predicted molar refractivity (Wildman–Crippen MR) is 152 cm³/mol. The SMILES string of the molecule is CCCCC(C)c1cccc(C(=O)/C(O)=C/c2cc(C(C)CCCC)ccc2C(C)CCCC)c1. The quantitative estimate of drug-likeness (QED) is 0.158. The van der Waals surface area contributed by atoms with E-state index in [2.05, 4.69) is 65.8 Å². The molecule has 0 saturated carbocycles. The van der Waals surface area contributed by atoms with E-state index in [1.807, 2.05) is 18.2 Å². The zero-order chi connectivity index (χ0) is 25.8. The lowest BCUT2D eigenvalue weighted by Crippen LogP contribution is -2.06. The number of allylic oxidation sites excluding steroid dienone is 1. The first-order valence-corrected chi connectivity index (χ1v) is 14.0. The van der Waals surface area contributed by atoms with Crippen molar-refractivity contribution in [2.75, 3.05) is 0 Å². The Morgan fingerprint density at radius 2 is 1.31 bits per heavy atom. The Balaban J connectivity index is 2.38. The topological polar surface area (TPSA) is 37.3 Å². The molecule has 0 aliphatic carbocycles. The minimum absolute atomic E-state index is 0.175. The van der Waals surface area contributed by atoms with Gasteiger partial charge in [0.1, 0.15) is 0 Å². The summed E-state index contributed by atoms with van der Waals surface area (Å²) in [5.74, 6) is 0.769. The number of benzene rings is 2. The fraction of sp³-hybridized carbons (Fsp3) is 0.545. The van der Waals surface area contributed by atoms with E-state index < -0.39 is 0 Å². The zero-order valence-electron chi connectivity index (χ0n) is 23.1. The molecule has 0 heterocycles. The highest BCUT2D eigenvalue weighted by molar-refractivity contribution is 6.09. The molecule has 0 spiro atoms. The Morgan fingerprint density at radius 3 is 1.89 bits per heavy atom. The van der Waals surface area contributed by atoms with Gasteiger partial charge in [0.25, 0.3) is 0 Å². The van der Waals surface area contributed by atoms with E-state index in [0.717, 1.165) is 30.4 Å². The number of carbonyl (C=O) groups excluding carboxylic acids is 1. The third-order valence-electron chi connectivity index (χ3n) is 7.43. The van der Waals surface area contributed by atoms with Gasteiger partial charge in [0, 0.05) is 5.56 Å². The highest BCUT2D eigenvalue weighted by Gasteiger charge is 2.17. The number of Topliss-reactive ketones (excluding diaryl/α,β-unsaturated/α-hetero) is 1. The molecule has 0 radical (unpaired) electrons. The maximum atomic E-state index is 13.2. The van der Waals surface area contributed by atoms with Crippen molar-refractivity contribution in [2.45, 2.75) is 117 Å². The third-order valence-corrected chi connectivity index (χ3v) is 7.43. The number of aliphatic hydroxyl groups excluding tert-OH is 1. The van der Waals surface area contributed by atoms with Gasteiger partial charge in [0.15, 0.2) is 5.76 Å². The Kier molecular flexibility index (Phi) is 12.3. The molecular formula is C33H48O2. The molecule has 1 N–H and O–H groups in total. The second-order valence-electron chi connectivity index (χ2n) is 10.5. The van der Waals surface area contributed by atoms with Crippen LogP contribution in [0, 0.1) is 0 Å². The van der Waals surface area contributed by atoms with E-state index in [1.165, 1.54) is 49.7 Å². The Labute approximate surface area is 214 Å². The average molecular weight is 477 g/mol. The van der Waals surface area contributed by atoms with Crippen LogP contribution in [0.1, 0.15) is 150 Å². The van der Waals surface area contributed by atoms with Crippen molar-refractivity contribution in [2.24, 2.45) is 0 Å². The van der Waals surface area contributed by atoms with Crippen molar-refractivity contribution in [1.82, 2.24) is 0 Å². The van der Waals surface area contributed by atoms with Gasteiger partial charge < -0.3 is 5.11 Å². The number of unbranched alkanes of at least 4 members (excludes halogenated alkanes) is 3. The summed E-state index contributed by atoms with van der Waals surface area (Å²) in [6.07, 6.45) is 12.2. The summed E-state index contributed by atoms with van der Waals surface area (Å²) in [5.41, 5.74) is 5.20. The first-order chi connectivity index (χ1) is 16.8. The molecule has 192 valence electrons. The van der Waals surface area contributed by atoms with Crippen LogP contribution >= 0.6 is 0 Å². The van der Waals surface area contributed by atoms with E-state index in [1.54, 1.807) is 6.08 Å². The molecule has 2 aromatic rings. The first-order valence-electron chi connectivity index (χ1n) is 14.0. The summed E-state index contributed by atoms with van der Waals surface area (Å²) in [6, 6.07) is 14.5. The van der Waals surface area contributed by atoms with Crippen molar-refractivity contribution < 1.29 is 9.90 Å². The van der Waals surface area contributed by atoms with Crippen LogP contribution in [0.5, 0.6) is 0 Å². The van der Waals surface area contributed by atoms with Gasteiger partial charge in [-0.3, -0.25) is 4.79 Å². The van der Waals surface area contributed by atoms with Crippen LogP contribution in [0.4, 0.5) is 0 Å². The minimum atomic E-state index is -0.300. The molecule has 0 bridgehead atoms. The molecule has 35 heavy (non-hydrogen) atoms. The fourth-order valence-electron chi connectivity index (χ4n) is 4.84. The normalized spacial score (nSPS) is 14.5. The van der Waals surface area contributed by atoms with Gasteiger partial charge in [-0.15, -0.1) is 0 Å². The highest BCUT2D eigenvalue weighted by Crippen LogP contribution is 2.31. The average Bonchev–Trinajstić information content (AvgIpc) is 2.88. The largest absolute Gasteiger partial charge is 0.504 e. The predicted octanol–water partition coefficient (Wildman–Crippen LogP) is 10.3. The van der Waals surface area contributed by atoms with Crippen molar-refractivity contribution >= 4 is 11.9 Å². The number of hydrogen-bond donors (Lipinski definition) is 1. The molecule has 2 nitrogen and oxygen atoms in total. The van der Waals surface area contributed by atoms with E-state index in [-0.39, 0.29) is 11.5 Å².